The average molecular weight is 262 g/mol. The van der Waals surface area contributed by atoms with Crippen molar-refractivity contribution in [3.05, 3.63) is 22.4 Å². The Hall–Kier alpha value is -0.580. The fraction of sp³-hybridized carbons (Fsp3) is 0.545. The Kier molecular flexibility index (Phi) is 5.25. The van der Waals surface area contributed by atoms with Crippen molar-refractivity contribution in [3.63, 3.8) is 0 Å². The van der Waals surface area contributed by atoms with E-state index in [0.29, 0.717) is 0 Å². The van der Waals surface area contributed by atoms with Crippen LogP contribution >= 0.6 is 23.7 Å². The van der Waals surface area contributed by atoms with E-state index in [4.69, 9.17) is 5.11 Å². The fourth-order valence-corrected chi connectivity index (χ4v) is 2.79. The van der Waals surface area contributed by atoms with E-state index in [1.54, 1.807) is 11.3 Å². The summed E-state index contributed by atoms with van der Waals surface area (Å²) in [6.45, 7) is 1.70. The summed E-state index contributed by atoms with van der Waals surface area (Å²) >= 11 is 1.70. The van der Waals surface area contributed by atoms with Gasteiger partial charge in [0.05, 0.1) is 0 Å². The molecule has 90 valence electrons. The summed E-state index contributed by atoms with van der Waals surface area (Å²) < 4.78 is 0. The van der Waals surface area contributed by atoms with Crippen LogP contribution in [0.4, 0.5) is 0 Å². The number of hydrogen-bond donors (Lipinski definition) is 1. The molecule has 0 amide bonds. The Balaban J connectivity index is 0.00000128. The van der Waals surface area contributed by atoms with Gasteiger partial charge >= 0.3 is 5.97 Å². The van der Waals surface area contributed by atoms with Crippen LogP contribution in [0.15, 0.2) is 17.5 Å². The third-order valence-electron chi connectivity index (χ3n) is 2.84. The second kappa shape index (κ2) is 6.23. The highest BCUT2D eigenvalue weighted by Crippen LogP contribution is 2.21. The van der Waals surface area contributed by atoms with Gasteiger partial charge in [-0.2, -0.15) is 0 Å². The van der Waals surface area contributed by atoms with Gasteiger partial charge in [-0.25, -0.2) is 0 Å². The Morgan fingerprint density at radius 3 is 3.00 bits per heavy atom. The second-order valence-corrected chi connectivity index (χ2v) is 4.93. The summed E-state index contributed by atoms with van der Waals surface area (Å²) in [7, 11) is 0. The molecule has 1 atom stereocenters. The molecule has 0 spiro atoms. The van der Waals surface area contributed by atoms with Gasteiger partial charge in [0.15, 0.2) is 0 Å². The molecule has 2 rings (SSSR count). The highest BCUT2D eigenvalue weighted by Gasteiger charge is 2.28. The maximum atomic E-state index is 11.1. The van der Waals surface area contributed by atoms with Gasteiger partial charge < -0.3 is 5.11 Å². The molecule has 1 fully saturated rings. The van der Waals surface area contributed by atoms with Crippen molar-refractivity contribution in [2.45, 2.75) is 31.8 Å². The number of aliphatic carboxylic acids is 1. The molecule has 1 aromatic rings. The number of carboxylic acids is 1. The molecule has 3 nitrogen and oxygen atoms in total. The minimum atomic E-state index is -0.675. The lowest BCUT2D eigenvalue weighted by Crippen LogP contribution is -2.43. The Morgan fingerprint density at radius 1 is 1.56 bits per heavy atom. The Bertz CT molecular complexity index is 329. The maximum absolute atomic E-state index is 11.1. The van der Waals surface area contributed by atoms with Crippen molar-refractivity contribution in [1.29, 1.82) is 0 Å². The van der Waals surface area contributed by atoms with Gasteiger partial charge in [0, 0.05) is 11.4 Å². The molecule has 0 saturated carbocycles. The molecule has 0 bridgehead atoms. The standard InChI is InChI=1S/C11H15NO2S.ClH/c13-11(14)10-5-1-2-6-12(10)8-9-4-3-7-15-9;/h3-4,7,10H,1-2,5-6,8H2,(H,13,14);1H. The van der Waals surface area contributed by atoms with Gasteiger partial charge in [-0.15, -0.1) is 23.7 Å². The number of halogens is 1. The molecule has 1 aliphatic rings. The van der Waals surface area contributed by atoms with E-state index in [0.717, 1.165) is 32.4 Å². The maximum Gasteiger partial charge on any atom is 0.320 e. The lowest BCUT2D eigenvalue weighted by Gasteiger charge is -2.32. The molecule has 1 aromatic heterocycles. The predicted octanol–water partition coefficient (Wildman–Crippen LogP) is 2.61. The van der Waals surface area contributed by atoms with Crippen molar-refractivity contribution < 1.29 is 9.90 Å². The molecular formula is C11H16ClNO2S. The minimum Gasteiger partial charge on any atom is -0.480 e. The minimum absolute atomic E-state index is 0. The van der Waals surface area contributed by atoms with Crippen LogP contribution in [0.25, 0.3) is 0 Å². The number of carbonyl (C=O) groups is 1. The lowest BCUT2D eigenvalue weighted by molar-refractivity contribution is -0.144. The number of rotatable bonds is 3. The van der Waals surface area contributed by atoms with Gasteiger partial charge in [-0.3, -0.25) is 9.69 Å². The lowest BCUT2D eigenvalue weighted by atomic mass is 10.0. The highest BCUT2D eigenvalue weighted by atomic mass is 35.5. The summed E-state index contributed by atoms with van der Waals surface area (Å²) in [6, 6.07) is 3.80. The number of hydrogen-bond acceptors (Lipinski definition) is 3. The summed E-state index contributed by atoms with van der Waals surface area (Å²) in [5.41, 5.74) is 0. The van der Waals surface area contributed by atoms with Crippen LogP contribution in [0, 0.1) is 0 Å². The van der Waals surface area contributed by atoms with E-state index in [-0.39, 0.29) is 18.4 Å². The zero-order chi connectivity index (χ0) is 10.7. The predicted molar refractivity (Wildman–Crippen MR) is 67.3 cm³/mol. The molecule has 1 aliphatic heterocycles. The van der Waals surface area contributed by atoms with Crippen molar-refractivity contribution in [2.75, 3.05) is 6.54 Å². The van der Waals surface area contributed by atoms with Crippen LogP contribution in [0.3, 0.4) is 0 Å². The van der Waals surface area contributed by atoms with Gasteiger partial charge in [0.25, 0.3) is 0 Å². The zero-order valence-electron chi connectivity index (χ0n) is 8.96. The van der Waals surface area contributed by atoms with Gasteiger partial charge in [0.2, 0.25) is 0 Å². The molecule has 5 heteroatoms. The number of nitrogens with zero attached hydrogens (tertiary/aromatic N) is 1. The van der Waals surface area contributed by atoms with Crippen LogP contribution in [-0.2, 0) is 11.3 Å². The summed E-state index contributed by atoms with van der Waals surface area (Å²) in [4.78, 5) is 14.4. The number of carboxylic acid groups (broad SMARTS) is 1. The first-order chi connectivity index (χ1) is 7.27. The van der Waals surface area contributed by atoms with E-state index in [9.17, 15) is 4.79 Å². The summed E-state index contributed by atoms with van der Waals surface area (Å²) in [5, 5.41) is 11.1. The quantitative estimate of drug-likeness (QED) is 0.909. The van der Waals surface area contributed by atoms with E-state index in [1.165, 1.54) is 4.88 Å². The molecule has 16 heavy (non-hydrogen) atoms. The fourth-order valence-electron chi connectivity index (χ4n) is 2.06. The molecular weight excluding hydrogens is 246 g/mol. The van der Waals surface area contributed by atoms with Crippen LogP contribution < -0.4 is 0 Å². The molecule has 0 radical (unpaired) electrons. The van der Waals surface area contributed by atoms with E-state index in [1.807, 2.05) is 11.4 Å². The normalized spacial score (nSPS) is 21.4. The highest BCUT2D eigenvalue weighted by molar-refractivity contribution is 7.09. The largest absolute Gasteiger partial charge is 0.480 e. The first-order valence-electron chi connectivity index (χ1n) is 5.26. The molecule has 1 saturated heterocycles. The summed E-state index contributed by atoms with van der Waals surface area (Å²) in [5.74, 6) is -0.675. The molecule has 0 aliphatic carbocycles. The van der Waals surface area contributed by atoms with Gasteiger partial charge in [-0.05, 0) is 30.8 Å². The van der Waals surface area contributed by atoms with Crippen LogP contribution in [-0.4, -0.2) is 28.6 Å². The Labute approximate surface area is 105 Å². The van der Waals surface area contributed by atoms with Crippen molar-refractivity contribution in [1.82, 2.24) is 4.90 Å². The van der Waals surface area contributed by atoms with Gasteiger partial charge in [-0.1, -0.05) is 12.5 Å². The van der Waals surface area contributed by atoms with Crippen LogP contribution in [0.5, 0.6) is 0 Å². The van der Waals surface area contributed by atoms with Crippen LogP contribution in [0.2, 0.25) is 0 Å². The van der Waals surface area contributed by atoms with E-state index < -0.39 is 5.97 Å². The topological polar surface area (TPSA) is 40.5 Å². The number of likely N-dealkylation sites (tertiary alicyclic amines) is 1. The molecule has 0 aromatic carbocycles. The number of thiophene rings is 1. The zero-order valence-corrected chi connectivity index (χ0v) is 10.6. The number of piperidine rings is 1. The second-order valence-electron chi connectivity index (χ2n) is 3.90. The van der Waals surface area contributed by atoms with Crippen LogP contribution in [0.1, 0.15) is 24.1 Å². The molecule has 1 unspecified atom stereocenters. The first kappa shape index (κ1) is 13.5. The van der Waals surface area contributed by atoms with E-state index in [2.05, 4.69) is 11.0 Å². The molecule has 2 heterocycles. The van der Waals surface area contributed by atoms with Gasteiger partial charge in [0.1, 0.15) is 6.04 Å². The first-order valence-corrected chi connectivity index (χ1v) is 6.14. The monoisotopic (exact) mass is 261 g/mol. The third kappa shape index (κ3) is 3.20. The third-order valence-corrected chi connectivity index (χ3v) is 3.70. The average Bonchev–Trinajstić information content (AvgIpc) is 2.71. The smallest absolute Gasteiger partial charge is 0.320 e. The molecule has 1 N–H and O–H groups in total. The summed E-state index contributed by atoms with van der Waals surface area (Å²) in [6.07, 6.45) is 2.95. The van der Waals surface area contributed by atoms with Crippen molar-refractivity contribution in [3.8, 4) is 0 Å². The SMILES string of the molecule is Cl.O=C(O)C1CCCCN1Cc1cccs1. The van der Waals surface area contributed by atoms with E-state index >= 15 is 0 Å². The Morgan fingerprint density at radius 2 is 2.38 bits per heavy atom. The van der Waals surface area contributed by atoms with Crippen molar-refractivity contribution >= 4 is 29.7 Å². The van der Waals surface area contributed by atoms with Crippen molar-refractivity contribution in [2.24, 2.45) is 0 Å².